The van der Waals surface area contributed by atoms with E-state index >= 15 is 0 Å². The Morgan fingerprint density at radius 2 is 2.07 bits per heavy atom. The second-order valence-corrected chi connectivity index (χ2v) is 3.64. The molecule has 0 atom stereocenters. The van der Waals surface area contributed by atoms with Crippen LogP contribution in [0.1, 0.15) is 5.56 Å². The van der Waals surface area contributed by atoms with E-state index in [-0.39, 0.29) is 0 Å². The molecule has 78 valence electrons. The third-order valence-corrected chi connectivity index (χ3v) is 2.14. The van der Waals surface area contributed by atoms with E-state index in [2.05, 4.69) is 12.6 Å². The summed E-state index contributed by atoms with van der Waals surface area (Å²) in [5, 5.41) is 0. The van der Waals surface area contributed by atoms with Gasteiger partial charge in [0, 0.05) is 30.5 Å². The summed E-state index contributed by atoms with van der Waals surface area (Å²) in [5.74, 6) is -0.307. The SMILES string of the molecule is CN(CCS)Cc1ccc(F)cc1F. The highest BCUT2D eigenvalue weighted by molar-refractivity contribution is 7.80. The molecule has 1 rings (SSSR count). The zero-order chi connectivity index (χ0) is 10.6. The highest BCUT2D eigenvalue weighted by Gasteiger charge is 2.05. The fourth-order valence-corrected chi connectivity index (χ4v) is 1.53. The largest absolute Gasteiger partial charge is 0.301 e. The average molecular weight is 217 g/mol. The van der Waals surface area contributed by atoms with E-state index in [1.807, 2.05) is 11.9 Å². The fourth-order valence-electron chi connectivity index (χ4n) is 1.19. The third kappa shape index (κ3) is 3.27. The molecule has 1 aromatic rings. The third-order valence-electron chi connectivity index (χ3n) is 1.94. The molecule has 1 nitrogen and oxygen atoms in total. The molecule has 0 radical (unpaired) electrons. The van der Waals surface area contributed by atoms with Crippen molar-refractivity contribution >= 4 is 12.6 Å². The number of thiol groups is 1. The molecule has 0 fully saturated rings. The predicted molar refractivity (Wildman–Crippen MR) is 56.5 cm³/mol. The van der Waals surface area contributed by atoms with Crippen LogP contribution in [0.15, 0.2) is 18.2 Å². The van der Waals surface area contributed by atoms with Gasteiger partial charge < -0.3 is 4.90 Å². The molecular formula is C10H13F2NS. The summed E-state index contributed by atoms with van der Waals surface area (Å²) in [6, 6.07) is 3.65. The van der Waals surface area contributed by atoms with Gasteiger partial charge in [-0.05, 0) is 13.1 Å². The summed E-state index contributed by atoms with van der Waals surface area (Å²) in [6.45, 7) is 1.26. The smallest absolute Gasteiger partial charge is 0.130 e. The first-order valence-electron chi connectivity index (χ1n) is 4.37. The Kier molecular flexibility index (Phi) is 4.35. The number of hydrogen-bond acceptors (Lipinski definition) is 2. The van der Waals surface area contributed by atoms with Gasteiger partial charge >= 0.3 is 0 Å². The van der Waals surface area contributed by atoms with Crippen LogP contribution in [0, 0.1) is 11.6 Å². The molecule has 0 aliphatic rings. The molecular weight excluding hydrogens is 204 g/mol. The first-order chi connectivity index (χ1) is 6.63. The summed E-state index contributed by atoms with van der Waals surface area (Å²) in [5.41, 5.74) is 0.510. The van der Waals surface area contributed by atoms with E-state index in [4.69, 9.17) is 0 Å². The molecule has 0 N–H and O–H groups in total. The zero-order valence-electron chi connectivity index (χ0n) is 8.00. The van der Waals surface area contributed by atoms with Gasteiger partial charge in [-0.3, -0.25) is 0 Å². The lowest BCUT2D eigenvalue weighted by Crippen LogP contribution is -2.20. The van der Waals surface area contributed by atoms with Crippen molar-refractivity contribution in [1.82, 2.24) is 4.90 Å². The van der Waals surface area contributed by atoms with E-state index in [1.54, 1.807) is 0 Å². The molecule has 0 aromatic heterocycles. The van der Waals surface area contributed by atoms with Gasteiger partial charge in [0.2, 0.25) is 0 Å². The molecule has 1 aromatic carbocycles. The Morgan fingerprint density at radius 3 is 2.64 bits per heavy atom. The molecule has 0 bridgehead atoms. The van der Waals surface area contributed by atoms with Crippen LogP contribution in [0.25, 0.3) is 0 Å². The molecule has 0 aliphatic heterocycles. The van der Waals surface area contributed by atoms with Gasteiger partial charge in [0.05, 0.1) is 0 Å². The summed E-state index contributed by atoms with van der Waals surface area (Å²) in [4.78, 5) is 1.93. The molecule has 0 spiro atoms. The van der Waals surface area contributed by atoms with Gasteiger partial charge in [0.1, 0.15) is 11.6 Å². The highest BCUT2D eigenvalue weighted by Crippen LogP contribution is 2.11. The molecule has 4 heteroatoms. The normalized spacial score (nSPS) is 10.9. The molecule has 0 unspecified atom stereocenters. The van der Waals surface area contributed by atoms with E-state index < -0.39 is 11.6 Å². The zero-order valence-corrected chi connectivity index (χ0v) is 8.90. The van der Waals surface area contributed by atoms with Crippen molar-refractivity contribution in [3.63, 3.8) is 0 Å². The summed E-state index contributed by atoms with van der Waals surface area (Å²) >= 11 is 4.07. The topological polar surface area (TPSA) is 3.24 Å². The second-order valence-electron chi connectivity index (χ2n) is 3.20. The average Bonchev–Trinajstić information content (AvgIpc) is 2.10. The van der Waals surface area contributed by atoms with Crippen molar-refractivity contribution in [3.05, 3.63) is 35.4 Å². The van der Waals surface area contributed by atoms with E-state index in [9.17, 15) is 8.78 Å². The van der Waals surface area contributed by atoms with Gasteiger partial charge in [0.15, 0.2) is 0 Å². The van der Waals surface area contributed by atoms with E-state index in [0.29, 0.717) is 12.1 Å². The van der Waals surface area contributed by atoms with Crippen molar-refractivity contribution in [2.75, 3.05) is 19.3 Å². The Morgan fingerprint density at radius 1 is 1.36 bits per heavy atom. The van der Waals surface area contributed by atoms with Gasteiger partial charge in [-0.1, -0.05) is 6.07 Å². The summed E-state index contributed by atoms with van der Waals surface area (Å²) in [6.07, 6.45) is 0. The van der Waals surface area contributed by atoms with Crippen molar-refractivity contribution in [1.29, 1.82) is 0 Å². The molecule has 0 saturated carbocycles. The van der Waals surface area contributed by atoms with Crippen molar-refractivity contribution in [3.8, 4) is 0 Å². The second kappa shape index (κ2) is 5.32. The fraction of sp³-hybridized carbons (Fsp3) is 0.400. The van der Waals surface area contributed by atoms with Crippen LogP contribution in [-0.4, -0.2) is 24.2 Å². The van der Waals surface area contributed by atoms with Crippen LogP contribution in [0.5, 0.6) is 0 Å². The molecule has 0 heterocycles. The Bertz CT molecular complexity index is 304. The molecule has 14 heavy (non-hydrogen) atoms. The Balaban J connectivity index is 2.67. The minimum Gasteiger partial charge on any atom is -0.301 e. The Hall–Kier alpha value is -0.610. The molecule has 0 aliphatic carbocycles. The Labute approximate surface area is 88.1 Å². The van der Waals surface area contributed by atoms with Crippen molar-refractivity contribution in [2.24, 2.45) is 0 Å². The van der Waals surface area contributed by atoms with Gasteiger partial charge in [-0.2, -0.15) is 12.6 Å². The van der Waals surface area contributed by atoms with Gasteiger partial charge in [-0.25, -0.2) is 8.78 Å². The van der Waals surface area contributed by atoms with E-state index in [1.165, 1.54) is 12.1 Å². The quantitative estimate of drug-likeness (QED) is 0.758. The van der Waals surface area contributed by atoms with Crippen LogP contribution in [0.4, 0.5) is 8.78 Å². The van der Waals surface area contributed by atoms with Gasteiger partial charge in [0.25, 0.3) is 0 Å². The minimum atomic E-state index is -0.539. The lowest BCUT2D eigenvalue weighted by molar-refractivity contribution is 0.342. The van der Waals surface area contributed by atoms with Crippen molar-refractivity contribution in [2.45, 2.75) is 6.54 Å². The number of halogens is 2. The number of benzene rings is 1. The highest BCUT2D eigenvalue weighted by atomic mass is 32.1. The molecule has 0 amide bonds. The number of rotatable bonds is 4. The first kappa shape index (κ1) is 11.5. The van der Waals surface area contributed by atoms with Crippen LogP contribution in [0.2, 0.25) is 0 Å². The maximum absolute atomic E-state index is 13.2. The monoisotopic (exact) mass is 217 g/mol. The van der Waals surface area contributed by atoms with Crippen LogP contribution < -0.4 is 0 Å². The standard InChI is InChI=1S/C10H13F2NS/c1-13(4-5-14)7-8-2-3-9(11)6-10(8)12/h2-3,6,14H,4-5,7H2,1H3. The van der Waals surface area contributed by atoms with Crippen LogP contribution >= 0.6 is 12.6 Å². The minimum absolute atomic E-state index is 0.479. The van der Waals surface area contributed by atoms with Crippen molar-refractivity contribution < 1.29 is 8.78 Å². The number of hydrogen-bond donors (Lipinski definition) is 1. The van der Waals surface area contributed by atoms with Gasteiger partial charge in [-0.15, -0.1) is 0 Å². The number of nitrogens with zero attached hydrogens (tertiary/aromatic N) is 1. The lowest BCUT2D eigenvalue weighted by atomic mass is 10.2. The van der Waals surface area contributed by atoms with Crippen LogP contribution in [-0.2, 0) is 6.54 Å². The maximum atomic E-state index is 13.2. The van der Waals surface area contributed by atoms with Crippen LogP contribution in [0.3, 0.4) is 0 Å². The summed E-state index contributed by atoms with van der Waals surface area (Å²) in [7, 11) is 1.87. The lowest BCUT2D eigenvalue weighted by Gasteiger charge is -2.15. The first-order valence-corrected chi connectivity index (χ1v) is 5.00. The maximum Gasteiger partial charge on any atom is 0.130 e. The van der Waals surface area contributed by atoms with E-state index in [0.717, 1.165) is 18.4 Å². The molecule has 0 saturated heterocycles. The predicted octanol–water partition coefficient (Wildman–Crippen LogP) is 2.33. The summed E-state index contributed by atoms with van der Waals surface area (Å²) < 4.78 is 25.7.